The highest BCUT2D eigenvalue weighted by molar-refractivity contribution is 5.77. The number of nitrogens with zero attached hydrogens (tertiary/aromatic N) is 2. The lowest BCUT2D eigenvalue weighted by molar-refractivity contribution is -0.149. The van der Waals surface area contributed by atoms with Crippen LogP contribution < -0.4 is 0 Å². The molecule has 0 aliphatic carbocycles. The summed E-state index contributed by atoms with van der Waals surface area (Å²) in [6, 6.07) is 0. The molecule has 0 aromatic carbocycles. The predicted molar refractivity (Wildman–Crippen MR) is 62.1 cm³/mol. The molecule has 0 radical (unpaired) electrons. The quantitative estimate of drug-likeness (QED) is 0.692. The number of hydrogen-bond donors (Lipinski definition) is 1. The minimum Gasteiger partial charge on any atom is -0.480 e. The van der Waals surface area contributed by atoms with Crippen molar-refractivity contribution in [1.82, 2.24) is 9.80 Å². The van der Waals surface area contributed by atoms with Crippen molar-refractivity contribution in [3.8, 4) is 0 Å². The molecule has 0 bridgehead atoms. The van der Waals surface area contributed by atoms with Gasteiger partial charge < -0.3 is 10.0 Å². The molecular formula is C11H24N2O2. The third-order valence-corrected chi connectivity index (χ3v) is 2.62. The normalized spacial score (nSPS) is 12.5. The molecule has 0 aromatic heterocycles. The average molecular weight is 216 g/mol. The number of carbonyl (C=O) groups is 1. The van der Waals surface area contributed by atoms with Crippen LogP contribution in [0.3, 0.4) is 0 Å². The lowest BCUT2D eigenvalue weighted by atomic mass is 10.0. The number of likely N-dealkylation sites (N-methyl/N-ethyl adjacent to an activating group) is 1. The zero-order valence-corrected chi connectivity index (χ0v) is 10.6. The van der Waals surface area contributed by atoms with E-state index >= 15 is 0 Å². The zero-order valence-electron chi connectivity index (χ0n) is 10.6. The second-order valence-corrected chi connectivity index (χ2v) is 4.65. The molecule has 1 N–H and O–H groups in total. The van der Waals surface area contributed by atoms with Gasteiger partial charge in [0.2, 0.25) is 0 Å². The Labute approximate surface area is 92.9 Å². The number of carboxylic acid groups (broad SMARTS) is 1. The van der Waals surface area contributed by atoms with Crippen molar-refractivity contribution in [2.75, 3.05) is 33.7 Å². The van der Waals surface area contributed by atoms with Crippen molar-refractivity contribution >= 4 is 5.97 Å². The van der Waals surface area contributed by atoms with E-state index in [1.165, 1.54) is 0 Å². The molecule has 15 heavy (non-hydrogen) atoms. The van der Waals surface area contributed by atoms with E-state index < -0.39 is 11.5 Å². The average Bonchev–Trinajstić information content (AvgIpc) is 2.11. The van der Waals surface area contributed by atoms with Crippen LogP contribution >= 0.6 is 0 Å². The van der Waals surface area contributed by atoms with Gasteiger partial charge in [0.15, 0.2) is 0 Å². The molecule has 0 saturated heterocycles. The molecule has 0 heterocycles. The molecule has 4 heteroatoms. The molecule has 4 nitrogen and oxygen atoms in total. The Morgan fingerprint density at radius 2 is 1.73 bits per heavy atom. The fraction of sp³-hybridized carbons (Fsp3) is 0.909. The summed E-state index contributed by atoms with van der Waals surface area (Å²) in [6.45, 7) is 8.10. The molecule has 90 valence electrons. The van der Waals surface area contributed by atoms with Gasteiger partial charge >= 0.3 is 5.97 Å². The van der Waals surface area contributed by atoms with Gasteiger partial charge in [0, 0.05) is 13.1 Å². The van der Waals surface area contributed by atoms with Crippen LogP contribution in [0.2, 0.25) is 0 Å². The van der Waals surface area contributed by atoms with E-state index in [4.69, 9.17) is 5.11 Å². The van der Waals surface area contributed by atoms with Crippen molar-refractivity contribution < 1.29 is 9.90 Å². The van der Waals surface area contributed by atoms with E-state index in [1.807, 2.05) is 19.0 Å². The second kappa shape index (κ2) is 6.08. The van der Waals surface area contributed by atoms with Crippen LogP contribution in [-0.2, 0) is 4.79 Å². The van der Waals surface area contributed by atoms with Crippen LogP contribution in [-0.4, -0.2) is 60.1 Å². The van der Waals surface area contributed by atoms with E-state index in [0.717, 1.165) is 26.1 Å². The molecule has 0 spiro atoms. The van der Waals surface area contributed by atoms with Crippen molar-refractivity contribution in [2.45, 2.75) is 32.7 Å². The summed E-state index contributed by atoms with van der Waals surface area (Å²) in [5.74, 6) is -0.755. The summed E-state index contributed by atoms with van der Waals surface area (Å²) in [5.41, 5.74) is -0.772. The van der Waals surface area contributed by atoms with Crippen LogP contribution in [0.1, 0.15) is 27.2 Å². The standard InChI is InChI=1S/C11H24N2O2/c1-6-7-13(9-8-12(4)5)11(2,3)10(14)15/h6-9H2,1-5H3,(H,14,15). The Bertz CT molecular complexity index is 203. The highest BCUT2D eigenvalue weighted by Gasteiger charge is 2.33. The van der Waals surface area contributed by atoms with E-state index in [1.54, 1.807) is 13.8 Å². The lowest BCUT2D eigenvalue weighted by Crippen LogP contribution is -2.52. The zero-order chi connectivity index (χ0) is 12.1. The Morgan fingerprint density at radius 1 is 1.20 bits per heavy atom. The Balaban J connectivity index is 4.43. The Hall–Kier alpha value is -0.610. The monoisotopic (exact) mass is 216 g/mol. The summed E-state index contributed by atoms with van der Waals surface area (Å²) < 4.78 is 0. The second-order valence-electron chi connectivity index (χ2n) is 4.65. The smallest absolute Gasteiger partial charge is 0.323 e. The molecular weight excluding hydrogens is 192 g/mol. The van der Waals surface area contributed by atoms with Crippen LogP contribution in [0.25, 0.3) is 0 Å². The van der Waals surface area contributed by atoms with E-state index in [9.17, 15) is 4.79 Å². The van der Waals surface area contributed by atoms with Crippen LogP contribution in [0.5, 0.6) is 0 Å². The molecule has 0 fully saturated rings. The first-order chi connectivity index (χ1) is 6.82. The van der Waals surface area contributed by atoms with Crippen LogP contribution in [0.4, 0.5) is 0 Å². The molecule has 0 amide bonds. The first-order valence-electron chi connectivity index (χ1n) is 5.45. The van der Waals surface area contributed by atoms with Crippen molar-refractivity contribution in [1.29, 1.82) is 0 Å². The minimum atomic E-state index is -0.772. The third kappa shape index (κ3) is 4.62. The van der Waals surface area contributed by atoms with Gasteiger partial charge in [-0.2, -0.15) is 0 Å². The summed E-state index contributed by atoms with van der Waals surface area (Å²) >= 11 is 0. The maximum Gasteiger partial charge on any atom is 0.323 e. The molecule has 0 aliphatic heterocycles. The summed E-state index contributed by atoms with van der Waals surface area (Å²) in [5, 5.41) is 9.15. The van der Waals surface area contributed by atoms with E-state index in [2.05, 4.69) is 11.8 Å². The van der Waals surface area contributed by atoms with Gasteiger partial charge in [-0.15, -0.1) is 0 Å². The van der Waals surface area contributed by atoms with Gasteiger partial charge in [0.25, 0.3) is 0 Å². The lowest BCUT2D eigenvalue weighted by Gasteiger charge is -2.35. The van der Waals surface area contributed by atoms with E-state index in [0.29, 0.717) is 0 Å². The van der Waals surface area contributed by atoms with Gasteiger partial charge in [-0.1, -0.05) is 6.92 Å². The predicted octanol–water partition coefficient (Wildman–Crippen LogP) is 1.12. The number of rotatable bonds is 7. The number of aliphatic carboxylic acids is 1. The molecule has 0 atom stereocenters. The van der Waals surface area contributed by atoms with Gasteiger partial charge in [-0.3, -0.25) is 9.69 Å². The fourth-order valence-electron chi connectivity index (χ4n) is 1.40. The molecule has 0 aliphatic rings. The summed E-state index contributed by atoms with van der Waals surface area (Å²) in [7, 11) is 4.00. The Morgan fingerprint density at radius 3 is 2.07 bits per heavy atom. The van der Waals surface area contributed by atoms with Crippen LogP contribution in [0, 0.1) is 0 Å². The van der Waals surface area contributed by atoms with E-state index in [-0.39, 0.29) is 0 Å². The van der Waals surface area contributed by atoms with Gasteiger partial charge in [-0.25, -0.2) is 0 Å². The molecule has 0 aromatic rings. The van der Waals surface area contributed by atoms with Gasteiger partial charge in [0.1, 0.15) is 5.54 Å². The Kier molecular flexibility index (Phi) is 5.83. The maximum atomic E-state index is 11.1. The fourth-order valence-corrected chi connectivity index (χ4v) is 1.40. The SMILES string of the molecule is CCCN(CCN(C)C)C(C)(C)C(=O)O. The minimum absolute atomic E-state index is 0.755. The van der Waals surface area contributed by atoms with Crippen LogP contribution in [0.15, 0.2) is 0 Å². The third-order valence-electron chi connectivity index (χ3n) is 2.62. The number of carboxylic acids is 1. The highest BCUT2D eigenvalue weighted by atomic mass is 16.4. The van der Waals surface area contributed by atoms with Crippen molar-refractivity contribution in [3.63, 3.8) is 0 Å². The first-order valence-corrected chi connectivity index (χ1v) is 5.45. The summed E-state index contributed by atoms with van der Waals surface area (Å²) in [4.78, 5) is 15.2. The largest absolute Gasteiger partial charge is 0.480 e. The molecule has 0 saturated carbocycles. The van der Waals surface area contributed by atoms with Crippen molar-refractivity contribution in [2.24, 2.45) is 0 Å². The summed E-state index contributed by atoms with van der Waals surface area (Å²) in [6.07, 6.45) is 0.976. The highest BCUT2D eigenvalue weighted by Crippen LogP contribution is 2.14. The first kappa shape index (κ1) is 14.4. The topological polar surface area (TPSA) is 43.8 Å². The van der Waals surface area contributed by atoms with Gasteiger partial charge in [-0.05, 0) is 40.9 Å². The maximum absolute atomic E-state index is 11.1. The molecule has 0 rings (SSSR count). The number of hydrogen-bond acceptors (Lipinski definition) is 3. The van der Waals surface area contributed by atoms with Crippen molar-refractivity contribution in [3.05, 3.63) is 0 Å². The molecule has 0 unspecified atom stereocenters. The van der Waals surface area contributed by atoms with Gasteiger partial charge in [0.05, 0.1) is 0 Å².